The van der Waals surface area contributed by atoms with E-state index < -0.39 is 23.5 Å². The minimum absolute atomic E-state index is 0.126. The molecule has 0 spiro atoms. The van der Waals surface area contributed by atoms with Crippen molar-refractivity contribution in [2.24, 2.45) is 0 Å². The number of pyridine rings is 2. The minimum atomic E-state index is -1.35. The lowest BCUT2D eigenvalue weighted by molar-refractivity contribution is 0.0680. The lowest BCUT2D eigenvalue weighted by Crippen LogP contribution is -2.30. The van der Waals surface area contributed by atoms with E-state index in [0.29, 0.717) is 12.8 Å². The molecule has 0 saturated carbocycles. The topological polar surface area (TPSA) is 153 Å². The van der Waals surface area contributed by atoms with Crippen molar-refractivity contribution >= 4 is 23.5 Å². The molecular formula is C22H22N2O8. The molecule has 1 aliphatic rings. The smallest absolute Gasteiger partial charge is 0.341 e. The molecule has 0 atom stereocenters. The van der Waals surface area contributed by atoms with E-state index in [2.05, 4.69) is 9.97 Å². The zero-order chi connectivity index (χ0) is 23.7. The maximum atomic E-state index is 13.7. The number of carboxylic acid groups (broad SMARTS) is 2. The van der Waals surface area contributed by atoms with Gasteiger partial charge in [-0.2, -0.15) is 0 Å². The van der Waals surface area contributed by atoms with Gasteiger partial charge in [-0.15, -0.1) is 0 Å². The van der Waals surface area contributed by atoms with Crippen LogP contribution in [0, 0.1) is 0 Å². The van der Waals surface area contributed by atoms with Crippen LogP contribution in [-0.4, -0.2) is 57.9 Å². The van der Waals surface area contributed by atoms with E-state index >= 15 is 0 Å². The number of hydrogen-bond donors (Lipinski definition) is 2. The number of hydrogen-bond acceptors (Lipinski definition) is 8. The Bertz CT molecular complexity index is 1080. The van der Waals surface area contributed by atoms with E-state index in [0.717, 1.165) is 0 Å². The second-order valence-electron chi connectivity index (χ2n) is 7.17. The second-order valence-corrected chi connectivity index (χ2v) is 7.17. The van der Waals surface area contributed by atoms with Gasteiger partial charge in [-0.1, -0.05) is 26.7 Å². The summed E-state index contributed by atoms with van der Waals surface area (Å²) >= 11 is 0. The van der Waals surface area contributed by atoms with Crippen LogP contribution < -0.4 is 9.47 Å². The predicted octanol–water partition coefficient (Wildman–Crippen LogP) is 2.57. The Labute approximate surface area is 183 Å². The lowest BCUT2D eigenvalue weighted by atomic mass is 9.81. The lowest BCUT2D eigenvalue weighted by Gasteiger charge is -2.24. The van der Waals surface area contributed by atoms with Gasteiger partial charge in [0.2, 0.25) is 17.5 Å². The Balaban J connectivity index is 2.48. The summed E-state index contributed by atoms with van der Waals surface area (Å²) in [5.74, 6) is -4.68. The summed E-state index contributed by atoms with van der Waals surface area (Å²) in [4.78, 5) is 59.1. The van der Waals surface area contributed by atoms with E-state index in [1.807, 2.05) is 0 Å². The van der Waals surface area contributed by atoms with Gasteiger partial charge < -0.3 is 19.7 Å². The van der Waals surface area contributed by atoms with Gasteiger partial charge >= 0.3 is 11.9 Å². The standard InChI is InChI=1S/C22H22N2O8/c1-5-7-9-11-15(23-19(31-3)13(9)21(27)28)18(26)16-12(17(11)25)10(8-6-2)14(22(29)30)20(24-16)32-4/h5-8H2,1-4H3,(H,27,28)(H,29,30). The molecule has 0 fully saturated rings. The number of ether oxygens (including phenoxy) is 2. The molecule has 0 amide bonds. The van der Waals surface area contributed by atoms with Crippen molar-refractivity contribution in [3.05, 3.63) is 44.8 Å². The van der Waals surface area contributed by atoms with Crippen LogP contribution in [0.5, 0.6) is 11.8 Å². The van der Waals surface area contributed by atoms with Gasteiger partial charge in [0.15, 0.2) is 5.78 Å². The zero-order valence-corrected chi connectivity index (χ0v) is 18.1. The fraction of sp³-hybridized carbons (Fsp3) is 0.364. The number of methoxy groups -OCH3 is 2. The summed E-state index contributed by atoms with van der Waals surface area (Å²) in [6.45, 7) is 3.59. The van der Waals surface area contributed by atoms with Crippen LogP contribution in [0.3, 0.4) is 0 Å². The second kappa shape index (κ2) is 8.74. The molecule has 2 aromatic heterocycles. The van der Waals surface area contributed by atoms with Gasteiger partial charge in [-0.3, -0.25) is 9.59 Å². The van der Waals surface area contributed by atoms with Crippen molar-refractivity contribution in [3.8, 4) is 11.8 Å². The number of aromatic nitrogens is 2. The fourth-order valence-corrected chi connectivity index (χ4v) is 4.01. The number of carbonyl (C=O) groups is 4. The molecule has 1 aliphatic carbocycles. The third-order valence-electron chi connectivity index (χ3n) is 5.23. The number of nitrogens with zero attached hydrogens (tertiary/aromatic N) is 2. The summed E-state index contributed by atoms with van der Waals surface area (Å²) < 4.78 is 10.2. The fourth-order valence-electron chi connectivity index (χ4n) is 4.01. The number of aromatic carboxylic acids is 2. The third kappa shape index (κ3) is 3.37. The molecule has 168 valence electrons. The van der Waals surface area contributed by atoms with Gasteiger partial charge in [0, 0.05) is 0 Å². The molecule has 10 nitrogen and oxygen atoms in total. The molecule has 0 unspecified atom stereocenters. The molecule has 0 saturated heterocycles. The van der Waals surface area contributed by atoms with Gasteiger partial charge in [-0.25, -0.2) is 19.6 Å². The van der Waals surface area contributed by atoms with Crippen molar-refractivity contribution in [3.63, 3.8) is 0 Å². The first kappa shape index (κ1) is 22.9. The van der Waals surface area contributed by atoms with Gasteiger partial charge in [0.1, 0.15) is 22.5 Å². The van der Waals surface area contributed by atoms with Crippen molar-refractivity contribution in [1.29, 1.82) is 0 Å². The van der Waals surface area contributed by atoms with Crippen LogP contribution in [0.1, 0.15) is 90.6 Å². The van der Waals surface area contributed by atoms with Crippen molar-refractivity contribution in [1.82, 2.24) is 9.97 Å². The average Bonchev–Trinajstić information content (AvgIpc) is 2.75. The molecule has 10 heteroatoms. The van der Waals surface area contributed by atoms with Crippen LogP contribution in [0.25, 0.3) is 0 Å². The van der Waals surface area contributed by atoms with E-state index in [9.17, 15) is 29.4 Å². The third-order valence-corrected chi connectivity index (χ3v) is 5.23. The number of carboxylic acids is 2. The predicted molar refractivity (Wildman–Crippen MR) is 110 cm³/mol. The van der Waals surface area contributed by atoms with E-state index in [1.54, 1.807) is 13.8 Å². The maximum Gasteiger partial charge on any atom is 0.341 e. The van der Waals surface area contributed by atoms with Gasteiger partial charge in [0.05, 0.1) is 25.3 Å². The van der Waals surface area contributed by atoms with Crippen LogP contribution in [0.15, 0.2) is 0 Å². The largest absolute Gasteiger partial charge is 0.480 e. The first-order valence-electron chi connectivity index (χ1n) is 10.0. The normalized spacial score (nSPS) is 12.2. The van der Waals surface area contributed by atoms with Gasteiger partial charge in [-0.05, 0) is 24.0 Å². The van der Waals surface area contributed by atoms with Crippen molar-refractivity contribution in [2.45, 2.75) is 39.5 Å². The van der Waals surface area contributed by atoms with E-state index in [1.165, 1.54) is 14.2 Å². The average molecular weight is 442 g/mol. The summed E-state index contributed by atoms with van der Waals surface area (Å²) in [6.07, 6.45) is 1.32. The maximum absolute atomic E-state index is 13.7. The highest BCUT2D eigenvalue weighted by molar-refractivity contribution is 6.29. The Kier molecular flexibility index (Phi) is 6.24. The highest BCUT2D eigenvalue weighted by Crippen LogP contribution is 2.38. The highest BCUT2D eigenvalue weighted by Gasteiger charge is 2.41. The number of ketones is 2. The zero-order valence-electron chi connectivity index (χ0n) is 18.1. The minimum Gasteiger partial charge on any atom is -0.480 e. The summed E-state index contributed by atoms with van der Waals surface area (Å²) in [7, 11) is 2.44. The summed E-state index contributed by atoms with van der Waals surface area (Å²) in [5.41, 5.74) is -1.18. The molecule has 3 rings (SSSR count). The Morgan fingerprint density at radius 1 is 0.750 bits per heavy atom. The molecule has 0 aromatic carbocycles. The molecule has 0 radical (unpaired) electrons. The molecule has 2 aromatic rings. The van der Waals surface area contributed by atoms with Crippen molar-refractivity contribution < 1.29 is 38.9 Å². The summed E-state index contributed by atoms with van der Waals surface area (Å²) in [5, 5.41) is 19.5. The quantitative estimate of drug-likeness (QED) is 0.532. The van der Waals surface area contributed by atoms with Gasteiger partial charge in [0.25, 0.3) is 0 Å². The van der Waals surface area contributed by atoms with Crippen LogP contribution in [0.4, 0.5) is 0 Å². The number of carbonyl (C=O) groups excluding carboxylic acids is 2. The van der Waals surface area contributed by atoms with Crippen molar-refractivity contribution in [2.75, 3.05) is 14.2 Å². The molecular weight excluding hydrogens is 420 g/mol. The monoisotopic (exact) mass is 442 g/mol. The first-order valence-corrected chi connectivity index (χ1v) is 10.0. The molecule has 2 N–H and O–H groups in total. The Morgan fingerprint density at radius 2 is 1.12 bits per heavy atom. The molecule has 32 heavy (non-hydrogen) atoms. The Morgan fingerprint density at radius 3 is 1.41 bits per heavy atom. The van der Waals surface area contributed by atoms with E-state index in [-0.39, 0.29) is 69.4 Å². The molecule has 0 aliphatic heterocycles. The van der Waals surface area contributed by atoms with Crippen LogP contribution >= 0.6 is 0 Å². The molecule has 0 bridgehead atoms. The number of rotatable bonds is 8. The molecule has 2 heterocycles. The summed E-state index contributed by atoms with van der Waals surface area (Å²) in [6, 6.07) is 0. The van der Waals surface area contributed by atoms with Crippen LogP contribution in [0.2, 0.25) is 0 Å². The SMILES string of the molecule is CCCc1c(C(=O)O)c(OC)nc2c1C(=O)c1c(nc(OC)c(C(=O)O)c1CCC)C2=O. The number of fused-ring (bicyclic) bond motifs is 2. The Hall–Kier alpha value is -3.82. The highest BCUT2D eigenvalue weighted by atomic mass is 16.5. The van der Waals surface area contributed by atoms with E-state index in [4.69, 9.17) is 9.47 Å². The van der Waals surface area contributed by atoms with Crippen LogP contribution in [-0.2, 0) is 12.8 Å². The first-order chi connectivity index (χ1) is 15.2.